The number of rotatable bonds is 5. The third-order valence-corrected chi connectivity index (χ3v) is 5.33. The molecule has 0 aromatic heterocycles. The Kier molecular flexibility index (Phi) is 10.6. The molecular weight excluding hydrogens is 349 g/mol. The highest BCUT2D eigenvalue weighted by molar-refractivity contribution is 5.85. The minimum atomic E-state index is 0. The number of nitrogens with one attached hydrogen (secondary N) is 1. The maximum Gasteiger partial charge on any atom is 0.236 e. The maximum atomic E-state index is 12.4. The molecule has 0 bridgehead atoms. The molecule has 3 rings (SSSR count). The zero-order valence-corrected chi connectivity index (χ0v) is 16.2. The monoisotopic (exact) mass is 381 g/mol. The van der Waals surface area contributed by atoms with E-state index in [4.69, 9.17) is 4.74 Å². The van der Waals surface area contributed by atoms with Gasteiger partial charge in [0.25, 0.3) is 0 Å². The molecule has 0 radical (unpaired) electrons. The summed E-state index contributed by atoms with van der Waals surface area (Å²) >= 11 is 0. The van der Waals surface area contributed by atoms with Crippen molar-refractivity contribution >= 4 is 30.7 Å². The summed E-state index contributed by atoms with van der Waals surface area (Å²) in [6.07, 6.45) is 9.03. The molecule has 142 valence electrons. The van der Waals surface area contributed by atoms with Crippen LogP contribution in [0.1, 0.15) is 44.9 Å². The van der Waals surface area contributed by atoms with Gasteiger partial charge in [0.05, 0.1) is 12.6 Å². The fourth-order valence-electron chi connectivity index (χ4n) is 4.02. The molecule has 1 amide bonds. The summed E-state index contributed by atoms with van der Waals surface area (Å²) in [6.45, 7) is 6.48. The number of carbonyl (C=O) groups is 1. The number of amides is 1. The van der Waals surface area contributed by atoms with Gasteiger partial charge in [0.2, 0.25) is 5.91 Å². The van der Waals surface area contributed by atoms with Crippen LogP contribution in [0, 0.1) is 0 Å². The van der Waals surface area contributed by atoms with Gasteiger partial charge < -0.3 is 15.0 Å². The molecular formula is C17H33Cl2N3O2. The quantitative estimate of drug-likeness (QED) is 0.791. The van der Waals surface area contributed by atoms with Crippen LogP contribution in [0.2, 0.25) is 0 Å². The van der Waals surface area contributed by atoms with Crippen LogP contribution in [0.25, 0.3) is 0 Å². The van der Waals surface area contributed by atoms with E-state index in [1.54, 1.807) is 0 Å². The van der Waals surface area contributed by atoms with Crippen LogP contribution in [0.15, 0.2) is 0 Å². The van der Waals surface area contributed by atoms with Gasteiger partial charge >= 0.3 is 0 Å². The second-order valence-electron chi connectivity index (χ2n) is 7.00. The van der Waals surface area contributed by atoms with Crippen LogP contribution >= 0.6 is 24.8 Å². The first-order valence-electron chi connectivity index (χ1n) is 9.17. The van der Waals surface area contributed by atoms with Gasteiger partial charge in [-0.1, -0.05) is 6.42 Å². The Balaban J connectivity index is 0.00000144. The Labute approximate surface area is 158 Å². The van der Waals surface area contributed by atoms with Gasteiger partial charge in [0.15, 0.2) is 0 Å². The first kappa shape index (κ1) is 22.0. The number of carbonyl (C=O) groups excluding carboxylic acids is 1. The zero-order valence-electron chi connectivity index (χ0n) is 14.6. The topological polar surface area (TPSA) is 44.8 Å². The van der Waals surface area contributed by atoms with Crippen LogP contribution in [0.3, 0.4) is 0 Å². The lowest BCUT2D eigenvalue weighted by molar-refractivity contribution is -0.132. The molecule has 24 heavy (non-hydrogen) atoms. The Morgan fingerprint density at radius 2 is 1.79 bits per heavy atom. The van der Waals surface area contributed by atoms with Crippen LogP contribution in [0.4, 0.5) is 0 Å². The summed E-state index contributed by atoms with van der Waals surface area (Å²) < 4.78 is 5.58. The lowest BCUT2D eigenvalue weighted by Crippen LogP contribution is -2.52. The molecule has 0 aromatic carbocycles. The average molecular weight is 382 g/mol. The second-order valence-corrected chi connectivity index (χ2v) is 7.00. The SMILES string of the molecule is Cl.Cl.O=C(CNCC1CCCO1)N1CCCC(N2CCCCC2)C1. The Hall–Kier alpha value is -0.0700. The van der Waals surface area contributed by atoms with Gasteiger partial charge in [-0.05, 0) is 51.6 Å². The number of nitrogens with zero attached hydrogens (tertiary/aromatic N) is 2. The number of ether oxygens (including phenoxy) is 1. The summed E-state index contributed by atoms with van der Waals surface area (Å²) in [5.41, 5.74) is 0. The van der Waals surface area contributed by atoms with E-state index in [0.29, 0.717) is 18.7 Å². The fraction of sp³-hybridized carbons (Fsp3) is 0.941. The minimum Gasteiger partial charge on any atom is -0.377 e. The van der Waals surface area contributed by atoms with E-state index < -0.39 is 0 Å². The zero-order chi connectivity index (χ0) is 15.2. The van der Waals surface area contributed by atoms with Crippen molar-refractivity contribution in [2.75, 3.05) is 45.9 Å². The number of piperidine rings is 2. The molecule has 7 heteroatoms. The smallest absolute Gasteiger partial charge is 0.236 e. The molecule has 2 unspecified atom stereocenters. The highest BCUT2D eigenvalue weighted by Gasteiger charge is 2.28. The second kappa shape index (κ2) is 11.5. The third-order valence-electron chi connectivity index (χ3n) is 5.33. The van der Waals surface area contributed by atoms with Gasteiger partial charge in [0.1, 0.15) is 0 Å². The molecule has 0 spiro atoms. The molecule has 3 saturated heterocycles. The molecule has 1 N–H and O–H groups in total. The first-order valence-corrected chi connectivity index (χ1v) is 9.17. The van der Waals surface area contributed by atoms with Gasteiger partial charge in [0, 0.05) is 32.3 Å². The van der Waals surface area contributed by atoms with E-state index in [1.807, 2.05) is 0 Å². The molecule has 0 saturated carbocycles. The molecule has 3 aliphatic rings. The largest absolute Gasteiger partial charge is 0.377 e. The van der Waals surface area contributed by atoms with Gasteiger partial charge in [-0.3, -0.25) is 9.69 Å². The van der Waals surface area contributed by atoms with Crippen molar-refractivity contribution in [1.82, 2.24) is 15.1 Å². The summed E-state index contributed by atoms with van der Waals surface area (Å²) in [4.78, 5) is 17.1. The standard InChI is InChI=1S/C17H31N3O2.2ClH/c21-17(13-18-12-16-7-5-11-22-16)20-10-4-6-15(14-20)19-8-2-1-3-9-19;;/h15-16,18H,1-14H2;2*1H. The number of hydrogen-bond donors (Lipinski definition) is 1. The van der Waals surface area contributed by atoms with Gasteiger partial charge in [-0.2, -0.15) is 0 Å². The highest BCUT2D eigenvalue weighted by atomic mass is 35.5. The van der Waals surface area contributed by atoms with Crippen LogP contribution in [-0.4, -0.2) is 73.7 Å². The normalized spacial score (nSPS) is 28.1. The molecule has 5 nitrogen and oxygen atoms in total. The van der Waals surface area contributed by atoms with Crippen LogP contribution in [0.5, 0.6) is 0 Å². The Morgan fingerprint density at radius 3 is 2.50 bits per heavy atom. The van der Waals surface area contributed by atoms with Crippen molar-refractivity contribution in [2.24, 2.45) is 0 Å². The molecule has 3 fully saturated rings. The summed E-state index contributed by atoms with van der Waals surface area (Å²) in [7, 11) is 0. The number of hydrogen-bond acceptors (Lipinski definition) is 4. The van der Waals surface area contributed by atoms with E-state index in [-0.39, 0.29) is 30.7 Å². The fourth-order valence-corrected chi connectivity index (χ4v) is 4.02. The van der Waals surface area contributed by atoms with E-state index in [9.17, 15) is 4.79 Å². The van der Waals surface area contributed by atoms with Gasteiger partial charge in [-0.15, -0.1) is 24.8 Å². The number of halogens is 2. The maximum absolute atomic E-state index is 12.4. The lowest BCUT2D eigenvalue weighted by atomic mass is 10.0. The highest BCUT2D eigenvalue weighted by Crippen LogP contribution is 2.20. The Morgan fingerprint density at radius 1 is 1.00 bits per heavy atom. The Bertz CT molecular complexity index is 362. The van der Waals surface area contributed by atoms with Crippen molar-refractivity contribution in [3.8, 4) is 0 Å². The van der Waals surface area contributed by atoms with Crippen LogP contribution in [-0.2, 0) is 9.53 Å². The summed E-state index contributed by atoms with van der Waals surface area (Å²) in [6, 6.07) is 0.594. The van der Waals surface area contributed by atoms with Crippen molar-refractivity contribution < 1.29 is 9.53 Å². The summed E-state index contributed by atoms with van der Waals surface area (Å²) in [5.74, 6) is 0.264. The molecule has 0 aromatic rings. The number of likely N-dealkylation sites (tertiary alicyclic amines) is 2. The van der Waals surface area contributed by atoms with E-state index in [1.165, 1.54) is 38.8 Å². The van der Waals surface area contributed by atoms with E-state index in [0.717, 1.165) is 45.5 Å². The van der Waals surface area contributed by atoms with Crippen molar-refractivity contribution in [3.05, 3.63) is 0 Å². The van der Waals surface area contributed by atoms with Crippen molar-refractivity contribution in [1.29, 1.82) is 0 Å². The van der Waals surface area contributed by atoms with Crippen molar-refractivity contribution in [3.63, 3.8) is 0 Å². The predicted octanol–water partition coefficient (Wildman–Crippen LogP) is 2.08. The van der Waals surface area contributed by atoms with Gasteiger partial charge in [-0.25, -0.2) is 0 Å². The third kappa shape index (κ3) is 6.34. The molecule has 3 heterocycles. The minimum absolute atomic E-state index is 0. The lowest BCUT2D eigenvalue weighted by Gasteiger charge is -2.41. The first-order chi connectivity index (χ1) is 10.8. The average Bonchev–Trinajstić information content (AvgIpc) is 3.09. The van der Waals surface area contributed by atoms with E-state index in [2.05, 4.69) is 15.1 Å². The van der Waals surface area contributed by atoms with E-state index >= 15 is 0 Å². The summed E-state index contributed by atoms with van der Waals surface area (Å²) in [5, 5.41) is 3.29. The van der Waals surface area contributed by atoms with Crippen LogP contribution < -0.4 is 5.32 Å². The van der Waals surface area contributed by atoms with Crippen molar-refractivity contribution in [2.45, 2.75) is 57.1 Å². The molecule has 3 aliphatic heterocycles. The predicted molar refractivity (Wildman–Crippen MR) is 101 cm³/mol. The molecule has 0 aliphatic carbocycles. The molecule has 2 atom stereocenters.